The first kappa shape index (κ1) is 19.5. The van der Waals surface area contributed by atoms with Crippen molar-refractivity contribution in [3.05, 3.63) is 51.2 Å². The summed E-state index contributed by atoms with van der Waals surface area (Å²) in [6.07, 6.45) is 2.84. The average molecular weight is 379 g/mol. The number of halogens is 1. The molecule has 0 saturated heterocycles. The summed E-state index contributed by atoms with van der Waals surface area (Å²) in [4.78, 5) is 14.3. The van der Waals surface area contributed by atoms with Gasteiger partial charge in [-0.05, 0) is 44.5 Å². The Labute approximate surface area is 155 Å². The molecule has 9 heteroatoms. The van der Waals surface area contributed by atoms with Crippen LogP contribution in [0.25, 0.3) is 0 Å². The zero-order valence-electron chi connectivity index (χ0n) is 14.6. The molecule has 0 atom stereocenters. The Morgan fingerprint density at radius 2 is 2.23 bits per heavy atom. The minimum Gasteiger partial charge on any atom is -0.490 e. The molecule has 0 fully saturated rings. The standard InChI is InChI=1S/C17H19ClN4O4/c1-4-25-15-9-12(8-13(18)16(15)26-11(2)3)10-20-21-17-14(22(23)24)6-5-7-19-17/h5-11H,4H2,1-3H3,(H,19,21)/b20-10-. The highest BCUT2D eigenvalue weighted by atomic mass is 35.5. The van der Waals surface area contributed by atoms with Crippen molar-refractivity contribution in [2.75, 3.05) is 12.0 Å². The third-order valence-corrected chi connectivity index (χ3v) is 3.33. The van der Waals surface area contributed by atoms with E-state index in [0.717, 1.165) is 0 Å². The van der Waals surface area contributed by atoms with Crippen LogP contribution in [-0.4, -0.2) is 28.8 Å². The number of aromatic nitrogens is 1. The smallest absolute Gasteiger partial charge is 0.313 e. The van der Waals surface area contributed by atoms with Crippen molar-refractivity contribution in [1.29, 1.82) is 0 Å². The molecule has 1 heterocycles. The Morgan fingerprint density at radius 3 is 2.88 bits per heavy atom. The average Bonchev–Trinajstić information content (AvgIpc) is 2.58. The molecule has 2 aromatic rings. The van der Waals surface area contributed by atoms with Gasteiger partial charge in [-0.3, -0.25) is 15.5 Å². The van der Waals surface area contributed by atoms with Crippen molar-refractivity contribution < 1.29 is 14.4 Å². The SMILES string of the molecule is CCOc1cc(/C=N\Nc2ncccc2[N+](=O)[O-])cc(Cl)c1OC(C)C. The second-order valence-corrected chi connectivity index (χ2v) is 5.84. The Kier molecular flexibility index (Phi) is 6.74. The quantitative estimate of drug-likeness (QED) is 0.418. The fraction of sp³-hybridized carbons (Fsp3) is 0.294. The lowest BCUT2D eigenvalue weighted by atomic mass is 10.2. The molecule has 138 valence electrons. The van der Waals surface area contributed by atoms with Crippen LogP contribution < -0.4 is 14.9 Å². The highest BCUT2D eigenvalue weighted by Crippen LogP contribution is 2.37. The van der Waals surface area contributed by atoms with Gasteiger partial charge in [0.15, 0.2) is 11.5 Å². The Balaban J connectivity index is 2.24. The second kappa shape index (κ2) is 9.00. The first-order chi connectivity index (χ1) is 12.4. The fourth-order valence-corrected chi connectivity index (χ4v) is 2.34. The number of pyridine rings is 1. The topological polar surface area (TPSA) is 98.9 Å². The van der Waals surface area contributed by atoms with Gasteiger partial charge in [-0.2, -0.15) is 5.10 Å². The van der Waals surface area contributed by atoms with Gasteiger partial charge in [0.05, 0.1) is 28.9 Å². The van der Waals surface area contributed by atoms with Crippen LogP contribution in [0.4, 0.5) is 11.5 Å². The number of hydrazone groups is 1. The molecule has 0 radical (unpaired) electrons. The molecule has 0 aliphatic rings. The minimum absolute atomic E-state index is 0.0460. The summed E-state index contributed by atoms with van der Waals surface area (Å²) in [7, 11) is 0. The predicted octanol–water partition coefficient (Wildman–Crippen LogP) is 4.28. The summed E-state index contributed by atoms with van der Waals surface area (Å²) in [6, 6.07) is 6.21. The molecule has 0 saturated carbocycles. The van der Waals surface area contributed by atoms with E-state index >= 15 is 0 Å². The lowest BCUT2D eigenvalue weighted by Gasteiger charge is -2.16. The van der Waals surface area contributed by atoms with Gasteiger partial charge in [0, 0.05) is 12.3 Å². The van der Waals surface area contributed by atoms with Crippen molar-refractivity contribution >= 4 is 29.3 Å². The third kappa shape index (κ3) is 5.06. The van der Waals surface area contributed by atoms with Crippen molar-refractivity contribution in [1.82, 2.24) is 4.98 Å². The fourth-order valence-electron chi connectivity index (χ4n) is 2.07. The molecule has 26 heavy (non-hydrogen) atoms. The van der Waals surface area contributed by atoms with E-state index in [4.69, 9.17) is 21.1 Å². The molecular formula is C17H19ClN4O4. The van der Waals surface area contributed by atoms with Crippen LogP contribution >= 0.6 is 11.6 Å². The van der Waals surface area contributed by atoms with Gasteiger partial charge in [0.2, 0.25) is 5.82 Å². The van der Waals surface area contributed by atoms with Gasteiger partial charge in [-0.25, -0.2) is 4.98 Å². The number of hydrogen-bond acceptors (Lipinski definition) is 7. The van der Waals surface area contributed by atoms with Crippen LogP contribution in [0, 0.1) is 10.1 Å². The van der Waals surface area contributed by atoms with Crippen LogP contribution in [0.5, 0.6) is 11.5 Å². The van der Waals surface area contributed by atoms with Crippen molar-refractivity contribution in [3.8, 4) is 11.5 Å². The summed E-state index contributed by atoms with van der Waals surface area (Å²) in [6.45, 7) is 6.09. The van der Waals surface area contributed by atoms with Gasteiger partial charge >= 0.3 is 5.69 Å². The van der Waals surface area contributed by atoms with Crippen molar-refractivity contribution in [2.24, 2.45) is 5.10 Å². The van der Waals surface area contributed by atoms with Gasteiger partial charge in [-0.1, -0.05) is 11.6 Å². The van der Waals surface area contributed by atoms with Crippen LogP contribution in [0.1, 0.15) is 26.3 Å². The van der Waals surface area contributed by atoms with Gasteiger partial charge in [0.1, 0.15) is 0 Å². The molecule has 0 spiro atoms. The largest absolute Gasteiger partial charge is 0.490 e. The normalized spacial score (nSPS) is 11.0. The molecule has 1 aromatic heterocycles. The summed E-state index contributed by atoms with van der Waals surface area (Å²) in [5, 5.41) is 15.3. The van der Waals surface area contributed by atoms with Crippen LogP contribution in [0.3, 0.4) is 0 Å². The molecule has 1 aromatic carbocycles. The van der Waals surface area contributed by atoms with Crippen molar-refractivity contribution in [3.63, 3.8) is 0 Å². The Morgan fingerprint density at radius 1 is 1.46 bits per heavy atom. The summed E-state index contributed by atoms with van der Waals surface area (Å²) < 4.78 is 11.3. The maximum absolute atomic E-state index is 11.0. The van der Waals surface area contributed by atoms with E-state index in [-0.39, 0.29) is 17.6 Å². The Bertz CT molecular complexity index is 811. The highest BCUT2D eigenvalue weighted by molar-refractivity contribution is 6.32. The highest BCUT2D eigenvalue weighted by Gasteiger charge is 2.15. The van der Waals surface area contributed by atoms with Gasteiger partial charge in [-0.15, -0.1) is 0 Å². The molecule has 0 bridgehead atoms. The van der Waals surface area contributed by atoms with Crippen molar-refractivity contribution in [2.45, 2.75) is 26.9 Å². The number of nitrogens with one attached hydrogen (secondary N) is 1. The van der Waals surface area contributed by atoms with E-state index in [1.165, 1.54) is 24.5 Å². The lowest BCUT2D eigenvalue weighted by Crippen LogP contribution is -2.08. The molecule has 0 unspecified atom stereocenters. The molecule has 1 N–H and O–H groups in total. The zero-order chi connectivity index (χ0) is 19.1. The molecule has 0 amide bonds. The van der Waals surface area contributed by atoms with E-state index in [2.05, 4.69) is 15.5 Å². The molecule has 8 nitrogen and oxygen atoms in total. The maximum Gasteiger partial charge on any atom is 0.313 e. The Hall–Kier alpha value is -2.87. The zero-order valence-corrected chi connectivity index (χ0v) is 15.4. The lowest BCUT2D eigenvalue weighted by molar-refractivity contribution is -0.384. The van der Waals surface area contributed by atoms with Gasteiger partial charge < -0.3 is 9.47 Å². The monoisotopic (exact) mass is 378 g/mol. The summed E-state index contributed by atoms with van der Waals surface area (Å²) in [5.41, 5.74) is 3.03. The van der Waals surface area contributed by atoms with Crippen LogP contribution in [0.15, 0.2) is 35.6 Å². The third-order valence-electron chi connectivity index (χ3n) is 3.05. The number of anilines is 1. The van der Waals surface area contributed by atoms with E-state index in [0.29, 0.717) is 28.7 Å². The number of hydrogen-bond donors (Lipinski definition) is 1. The number of benzene rings is 1. The van der Waals surface area contributed by atoms with Crippen LogP contribution in [-0.2, 0) is 0 Å². The first-order valence-corrected chi connectivity index (χ1v) is 8.31. The molecule has 2 rings (SSSR count). The molecule has 0 aliphatic heterocycles. The maximum atomic E-state index is 11.0. The summed E-state index contributed by atoms with van der Waals surface area (Å²) >= 11 is 6.29. The minimum atomic E-state index is -0.535. The van der Waals surface area contributed by atoms with Gasteiger partial charge in [0.25, 0.3) is 0 Å². The summed E-state index contributed by atoms with van der Waals surface area (Å²) in [5.74, 6) is 1.01. The number of nitro groups is 1. The molecular weight excluding hydrogens is 360 g/mol. The second-order valence-electron chi connectivity index (χ2n) is 5.43. The number of nitrogens with zero attached hydrogens (tertiary/aromatic N) is 3. The van der Waals surface area contributed by atoms with Crippen LogP contribution in [0.2, 0.25) is 5.02 Å². The molecule has 0 aliphatic carbocycles. The van der Waals surface area contributed by atoms with E-state index in [1.807, 2.05) is 20.8 Å². The van der Waals surface area contributed by atoms with E-state index in [1.54, 1.807) is 12.1 Å². The predicted molar refractivity (Wildman–Crippen MR) is 100 cm³/mol. The van der Waals surface area contributed by atoms with E-state index in [9.17, 15) is 10.1 Å². The first-order valence-electron chi connectivity index (χ1n) is 7.93. The van der Waals surface area contributed by atoms with E-state index < -0.39 is 4.92 Å². The number of ether oxygens (including phenoxy) is 2. The number of rotatable bonds is 8.